The van der Waals surface area contributed by atoms with Crippen LogP contribution in [0, 0.1) is 0 Å². The molecule has 3 fully saturated rings. The molecular formula is C9H13BO4. The van der Waals surface area contributed by atoms with Crippen LogP contribution < -0.4 is 0 Å². The average Bonchev–Trinajstić information content (AvgIpc) is 2.77. The fourth-order valence-corrected chi connectivity index (χ4v) is 2.64. The molecule has 1 spiro atoms. The van der Waals surface area contributed by atoms with Gasteiger partial charge >= 0.3 is 0 Å². The second kappa shape index (κ2) is 3.20. The lowest BCUT2D eigenvalue weighted by molar-refractivity contribution is -0.204. The van der Waals surface area contributed by atoms with E-state index in [1.807, 2.05) is 0 Å². The van der Waals surface area contributed by atoms with Crippen LogP contribution in [0.25, 0.3) is 0 Å². The molecule has 3 rings (SSSR count). The SMILES string of the molecule is [B]C1OC2COCO[C@H]2[C@]12CCCO2. The van der Waals surface area contributed by atoms with Gasteiger partial charge in [-0.05, 0) is 12.8 Å². The predicted octanol–water partition coefficient (Wildman–Crippen LogP) is -0.198. The fourth-order valence-electron chi connectivity index (χ4n) is 2.64. The zero-order valence-corrected chi connectivity index (χ0v) is 7.98. The third-order valence-electron chi connectivity index (χ3n) is 3.32. The second-order valence-corrected chi connectivity index (χ2v) is 4.08. The van der Waals surface area contributed by atoms with E-state index >= 15 is 0 Å². The van der Waals surface area contributed by atoms with E-state index in [0.29, 0.717) is 13.4 Å². The van der Waals surface area contributed by atoms with E-state index in [0.717, 1.165) is 19.4 Å². The number of fused-ring (bicyclic) bond motifs is 2. The highest BCUT2D eigenvalue weighted by Gasteiger charge is 2.58. The maximum absolute atomic E-state index is 5.95. The molecule has 3 aliphatic rings. The van der Waals surface area contributed by atoms with E-state index in [2.05, 4.69) is 0 Å². The minimum Gasteiger partial charge on any atom is -0.376 e. The van der Waals surface area contributed by atoms with E-state index in [9.17, 15) is 0 Å². The summed E-state index contributed by atoms with van der Waals surface area (Å²) in [6.45, 7) is 1.64. The molecule has 0 amide bonds. The highest BCUT2D eigenvalue weighted by Crippen LogP contribution is 2.43. The molecule has 0 aromatic rings. The molecule has 0 aliphatic carbocycles. The first kappa shape index (κ1) is 9.15. The van der Waals surface area contributed by atoms with Crippen molar-refractivity contribution >= 4 is 7.85 Å². The number of ether oxygens (including phenoxy) is 4. The topological polar surface area (TPSA) is 36.9 Å². The van der Waals surface area contributed by atoms with Crippen LogP contribution in [-0.4, -0.2) is 51.7 Å². The van der Waals surface area contributed by atoms with Crippen LogP contribution in [-0.2, 0) is 18.9 Å². The molecule has 2 unspecified atom stereocenters. The summed E-state index contributed by atoms with van der Waals surface area (Å²) in [6.07, 6.45) is 1.85. The largest absolute Gasteiger partial charge is 0.376 e. The van der Waals surface area contributed by atoms with Gasteiger partial charge in [0.25, 0.3) is 0 Å². The van der Waals surface area contributed by atoms with Crippen molar-refractivity contribution in [3.63, 3.8) is 0 Å². The highest BCUT2D eigenvalue weighted by atomic mass is 16.7. The Morgan fingerprint density at radius 3 is 3.07 bits per heavy atom. The minimum absolute atomic E-state index is 0.0475. The molecule has 4 nitrogen and oxygen atoms in total. The lowest BCUT2D eigenvalue weighted by Gasteiger charge is -2.35. The first-order valence-electron chi connectivity index (χ1n) is 5.07. The molecule has 0 bridgehead atoms. The van der Waals surface area contributed by atoms with Crippen molar-refractivity contribution in [2.45, 2.75) is 36.7 Å². The van der Waals surface area contributed by atoms with Crippen LogP contribution >= 0.6 is 0 Å². The van der Waals surface area contributed by atoms with Crippen molar-refractivity contribution in [1.29, 1.82) is 0 Å². The Morgan fingerprint density at radius 2 is 2.29 bits per heavy atom. The minimum atomic E-state index is -0.408. The van der Waals surface area contributed by atoms with Gasteiger partial charge in [-0.1, -0.05) is 0 Å². The van der Waals surface area contributed by atoms with E-state index in [1.54, 1.807) is 0 Å². The molecule has 0 aromatic carbocycles. The van der Waals surface area contributed by atoms with Gasteiger partial charge in [0.2, 0.25) is 0 Å². The molecule has 0 N–H and O–H groups in total. The van der Waals surface area contributed by atoms with Gasteiger partial charge in [-0.25, -0.2) is 0 Å². The maximum atomic E-state index is 5.95. The van der Waals surface area contributed by atoms with Crippen molar-refractivity contribution in [3.05, 3.63) is 0 Å². The predicted molar refractivity (Wildman–Crippen MR) is 48.0 cm³/mol. The number of hydrogen-bond donors (Lipinski definition) is 0. The Morgan fingerprint density at radius 1 is 1.36 bits per heavy atom. The van der Waals surface area contributed by atoms with Gasteiger partial charge in [-0.2, -0.15) is 0 Å². The maximum Gasteiger partial charge on any atom is 0.147 e. The summed E-state index contributed by atoms with van der Waals surface area (Å²) in [5.74, 6) is 0. The van der Waals surface area contributed by atoms with Gasteiger partial charge in [0.1, 0.15) is 32.4 Å². The molecule has 0 aromatic heterocycles. The molecule has 4 atom stereocenters. The lowest BCUT2D eigenvalue weighted by Crippen LogP contribution is -2.51. The monoisotopic (exact) mass is 196 g/mol. The van der Waals surface area contributed by atoms with Crippen molar-refractivity contribution < 1.29 is 18.9 Å². The van der Waals surface area contributed by atoms with Gasteiger partial charge in [-0.3, -0.25) is 0 Å². The number of hydrogen-bond acceptors (Lipinski definition) is 4. The van der Waals surface area contributed by atoms with Crippen LogP contribution in [0.5, 0.6) is 0 Å². The van der Waals surface area contributed by atoms with E-state index in [-0.39, 0.29) is 18.2 Å². The lowest BCUT2D eigenvalue weighted by atomic mass is 9.78. The molecule has 3 heterocycles. The summed E-state index contributed by atoms with van der Waals surface area (Å²) in [7, 11) is 5.95. The third kappa shape index (κ3) is 1.10. The molecule has 3 saturated heterocycles. The summed E-state index contributed by atoms with van der Waals surface area (Å²) in [4.78, 5) is 0. The van der Waals surface area contributed by atoms with Gasteiger partial charge in [0.05, 0.1) is 6.61 Å². The molecular weight excluding hydrogens is 183 g/mol. The summed E-state index contributed by atoms with van der Waals surface area (Å²) in [6, 6.07) is -0.373. The molecule has 76 valence electrons. The van der Waals surface area contributed by atoms with E-state index < -0.39 is 5.60 Å². The van der Waals surface area contributed by atoms with Gasteiger partial charge < -0.3 is 18.9 Å². The van der Waals surface area contributed by atoms with Gasteiger partial charge in [-0.15, -0.1) is 0 Å². The molecule has 2 radical (unpaired) electrons. The van der Waals surface area contributed by atoms with Crippen LogP contribution in [0.3, 0.4) is 0 Å². The zero-order valence-electron chi connectivity index (χ0n) is 7.98. The molecule has 14 heavy (non-hydrogen) atoms. The fraction of sp³-hybridized carbons (Fsp3) is 1.00. The Bertz CT molecular complexity index is 229. The van der Waals surface area contributed by atoms with Crippen molar-refractivity contribution in [3.8, 4) is 0 Å². The average molecular weight is 196 g/mol. The second-order valence-electron chi connectivity index (χ2n) is 4.08. The molecule has 0 saturated carbocycles. The van der Waals surface area contributed by atoms with Crippen molar-refractivity contribution in [2.24, 2.45) is 0 Å². The van der Waals surface area contributed by atoms with Crippen LogP contribution in [0.15, 0.2) is 0 Å². The standard InChI is InChI=1S/C9H13BO4/c10-8-9(2-1-3-13-9)7-6(14-8)4-11-5-12-7/h6-8H,1-5H2/t6?,7-,8?,9-/m1/s1. The van der Waals surface area contributed by atoms with Crippen molar-refractivity contribution in [2.75, 3.05) is 20.0 Å². The summed E-state index contributed by atoms with van der Waals surface area (Å²) in [5.41, 5.74) is -0.408. The van der Waals surface area contributed by atoms with Gasteiger partial charge in [0, 0.05) is 12.6 Å². The summed E-state index contributed by atoms with van der Waals surface area (Å²) >= 11 is 0. The number of rotatable bonds is 0. The third-order valence-corrected chi connectivity index (χ3v) is 3.32. The quantitative estimate of drug-likeness (QED) is 0.503. The first-order chi connectivity index (χ1) is 6.83. The van der Waals surface area contributed by atoms with Crippen molar-refractivity contribution in [1.82, 2.24) is 0 Å². The smallest absolute Gasteiger partial charge is 0.147 e. The Balaban J connectivity index is 1.88. The van der Waals surface area contributed by atoms with Crippen LogP contribution in [0.1, 0.15) is 12.8 Å². The Labute approximate surface area is 84.2 Å². The van der Waals surface area contributed by atoms with Crippen LogP contribution in [0.2, 0.25) is 0 Å². The first-order valence-corrected chi connectivity index (χ1v) is 5.07. The molecule has 5 heteroatoms. The van der Waals surface area contributed by atoms with E-state index in [1.165, 1.54) is 0 Å². The Kier molecular flexibility index (Phi) is 2.09. The van der Waals surface area contributed by atoms with Gasteiger partial charge in [0.15, 0.2) is 0 Å². The summed E-state index contributed by atoms with van der Waals surface area (Å²) in [5, 5.41) is 0. The normalized spacial score (nSPS) is 52.4. The summed E-state index contributed by atoms with van der Waals surface area (Å²) < 4.78 is 22.1. The zero-order chi connectivity index (χ0) is 9.60. The Hall–Kier alpha value is -0.0951. The highest BCUT2D eigenvalue weighted by molar-refractivity contribution is 6.12. The molecule has 3 aliphatic heterocycles. The van der Waals surface area contributed by atoms with Crippen LogP contribution in [0.4, 0.5) is 0 Å². The van der Waals surface area contributed by atoms with E-state index in [4.69, 9.17) is 26.8 Å².